The van der Waals surface area contributed by atoms with Gasteiger partial charge in [-0.25, -0.2) is 0 Å². The average Bonchev–Trinajstić information content (AvgIpc) is 3.11. The van der Waals surface area contributed by atoms with Gasteiger partial charge in [-0.2, -0.15) is 4.74 Å². The topological polar surface area (TPSA) is 45.7 Å². The van der Waals surface area contributed by atoms with Crippen LogP contribution in [0, 0.1) is 12.1 Å². The molecule has 0 aliphatic carbocycles. The normalized spacial score (nSPS) is 20.7. The van der Waals surface area contributed by atoms with Crippen LogP contribution in [0.2, 0.25) is 0 Å². The van der Waals surface area contributed by atoms with Gasteiger partial charge in [-0.05, 0) is 44.2 Å². The molecule has 1 atom stereocenters. The number of nitrogens with zero attached hydrogens (tertiary/aromatic N) is 3. The zero-order chi connectivity index (χ0) is 18.1. The van der Waals surface area contributed by atoms with Crippen LogP contribution in [0.3, 0.4) is 0 Å². The summed E-state index contributed by atoms with van der Waals surface area (Å²) >= 11 is 0. The lowest BCUT2D eigenvalue weighted by Crippen LogP contribution is -2.55. The van der Waals surface area contributed by atoms with Crippen LogP contribution in [0.5, 0.6) is 0 Å². The molecule has 1 unspecified atom stereocenters. The molecule has 5 nitrogen and oxygen atoms in total. The second-order valence-corrected chi connectivity index (χ2v) is 7.41. The van der Waals surface area contributed by atoms with Crippen LogP contribution in [0.25, 0.3) is 0 Å². The van der Waals surface area contributed by atoms with Gasteiger partial charge >= 0.3 is 0 Å². The summed E-state index contributed by atoms with van der Waals surface area (Å²) in [6.07, 6.45) is 4.06. The van der Waals surface area contributed by atoms with Gasteiger partial charge in [0.15, 0.2) is 12.3 Å². The fourth-order valence-electron chi connectivity index (χ4n) is 4.15. The summed E-state index contributed by atoms with van der Waals surface area (Å²) in [6.45, 7) is 8.84. The van der Waals surface area contributed by atoms with E-state index in [0.717, 1.165) is 47.7 Å². The highest BCUT2D eigenvalue weighted by molar-refractivity contribution is 6.12. The SMILES string of the molecule is CCCCN1CCN2c3ccc(C)cc3C(c3ccco3)=[N+]([O-])CC2C1. The van der Waals surface area contributed by atoms with Crippen LogP contribution < -0.4 is 4.90 Å². The van der Waals surface area contributed by atoms with Crippen molar-refractivity contribution in [3.05, 3.63) is 58.7 Å². The standard InChI is InChI=1S/C21H27N3O2/c1-3-4-9-22-10-11-23-17(14-22)15-24(25)21(20-6-5-12-26-20)18-13-16(2)7-8-19(18)23/h5-8,12-13,17H,3-4,9-11,14-15H2,1-2H3. The van der Waals surface area contributed by atoms with E-state index in [2.05, 4.69) is 41.8 Å². The smallest absolute Gasteiger partial charge is 0.263 e. The number of fused-ring (bicyclic) bond motifs is 3. The minimum atomic E-state index is 0.201. The van der Waals surface area contributed by atoms with Gasteiger partial charge in [-0.15, -0.1) is 0 Å². The van der Waals surface area contributed by atoms with E-state index >= 15 is 0 Å². The predicted octanol–water partition coefficient (Wildman–Crippen LogP) is 3.24. The largest absolute Gasteiger partial charge is 0.623 e. The van der Waals surface area contributed by atoms with E-state index in [0.29, 0.717) is 18.0 Å². The third-order valence-electron chi connectivity index (χ3n) is 5.49. The zero-order valence-corrected chi connectivity index (χ0v) is 15.6. The summed E-state index contributed by atoms with van der Waals surface area (Å²) < 4.78 is 6.76. The fraction of sp³-hybridized carbons (Fsp3) is 0.476. The van der Waals surface area contributed by atoms with Crippen LogP contribution in [0.4, 0.5) is 5.69 Å². The number of hydrogen-bond acceptors (Lipinski definition) is 4. The van der Waals surface area contributed by atoms with Gasteiger partial charge in [-0.1, -0.05) is 25.0 Å². The van der Waals surface area contributed by atoms with Crippen molar-refractivity contribution in [3.63, 3.8) is 0 Å². The summed E-state index contributed by atoms with van der Waals surface area (Å²) in [5, 5.41) is 13.1. The van der Waals surface area contributed by atoms with Crippen LogP contribution >= 0.6 is 0 Å². The number of hydroxylamine groups is 1. The third-order valence-corrected chi connectivity index (χ3v) is 5.49. The van der Waals surface area contributed by atoms with E-state index in [-0.39, 0.29) is 6.04 Å². The molecule has 0 amide bonds. The highest BCUT2D eigenvalue weighted by Gasteiger charge is 2.37. The predicted molar refractivity (Wildman–Crippen MR) is 104 cm³/mol. The van der Waals surface area contributed by atoms with Gasteiger partial charge < -0.3 is 14.5 Å². The van der Waals surface area contributed by atoms with Crippen molar-refractivity contribution in [1.29, 1.82) is 0 Å². The van der Waals surface area contributed by atoms with Crippen molar-refractivity contribution in [2.24, 2.45) is 0 Å². The number of hydrogen-bond donors (Lipinski definition) is 0. The molecule has 1 fully saturated rings. The summed E-state index contributed by atoms with van der Waals surface area (Å²) in [7, 11) is 0. The summed E-state index contributed by atoms with van der Waals surface area (Å²) in [4.78, 5) is 4.93. The van der Waals surface area contributed by atoms with E-state index in [1.807, 2.05) is 12.1 Å². The number of aryl methyl sites for hydroxylation is 1. The third kappa shape index (κ3) is 3.12. The molecule has 2 aliphatic heterocycles. The summed E-state index contributed by atoms with van der Waals surface area (Å²) in [6, 6.07) is 10.3. The van der Waals surface area contributed by atoms with Crippen molar-refractivity contribution in [3.8, 4) is 0 Å². The molecule has 0 N–H and O–H groups in total. The second kappa shape index (κ2) is 7.16. The minimum absolute atomic E-state index is 0.201. The number of unbranched alkanes of at least 4 members (excludes halogenated alkanes) is 1. The Kier molecular flexibility index (Phi) is 4.72. The van der Waals surface area contributed by atoms with Crippen LogP contribution in [0.15, 0.2) is 41.0 Å². The van der Waals surface area contributed by atoms with Gasteiger partial charge in [0.05, 0.1) is 17.5 Å². The molecule has 2 aromatic rings. The highest BCUT2D eigenvalue weighted by atomic mass is 16.5. The number of anilines is 1. The van der Waals surface area contributed by atoms with Crippen LogP contribution in [-0.4, -0.2) is 54.1 Å². The molecule has 3 heterocycles. The monoisotopic (exact) mass is 353 g/mol. The molecule has 0 bridgehead atoms. The Bertz CT molecular complexity index is 798. The number of rotatable bonds is 4. The summed E-state index contributed by atoms with van der Waals surface area (Å²) in [5.74, 6) is 0.648. The highest BCUT2D eigenvalue weighted by Crippen LogP contribution is 2.31. The first-order chi connectivity index (χ1) is 12.7. The molecular weight excluding hydrogens is 326 g/mol. The first kappa shape index (κ1) is 17.2. The molecule has 1 aromatic carbocycles. The number of furan rings is 1. The maximum Gasteiger partial charge on any atom is 0.263 e. The van der Waals surface area contributed by atoms with E-state index in [9.17, 15) is 5.21 Å². The molecule has 0 spiro atoms. The quantitative estimate of drug-likeness (QED) is 0.625. The van der Waals surface area contributed by atoms with Crippen LogP contribution in [0.1, 0.15) is 36.7 Å². The van der Waals surface area contributed by atoms with Gasteiger partial charge in [-0.3, -0.25) is 4.90 Å². The van der Waals surface area contributed by atoms with Crippen molar-refractivity contribution in [1.82, 2.24) is 4.90 Å². The fourth-order valence-corrected chi connectivity index (χ4v) is 4.15. The van der Waals surface area contributed by atoms with Crippen molar-refractivity contribution >= 4 is 11.4 Å². The molecule has 4 rings (SSSR count). The first-order valence-electron chi connectivity index (χ1n) is 9.63. The van der Waals surface area contributed by atoms with E-state index in [1.54, 1.807) is 6.26 Å². The Morgan fingerprint density at radius 1 is 1.27 bits per heavy atom. The lowest BCUT2D eigenvalue weighted by atomic mass is 10.0. The van der Waals surface area contributed by atoms with Gasteiger partial charge in [0.25, 0.3) is 5.71 Å². The summed E-state index contributed by atoms with van der Waals surface area (Å²) in [5.41, 5.74) is 3.95. The van der Waals surface area contributed by atoms with Gasteiger partial charge in [0.2, 0.25) is 0 Å². The zero-order valence-electron chi connectivity index (χ0n) is 15.6. The maximum atomic E-state index is 13.1. The Labute approximate surface area is 155 Å². The Morgan fingerprint density at radius 2 is 2.15 bits per heavy atom. The van der Waals surface area contributed by atoms with Crippen LogP contribution in [-0.2, 0) is 0 Å². The molecule has 26 heavy (non-hydrogen) atoms. The maximum absolute atomic E-state index is 13.1. The van der Waals surface area contributed by atoms with E-state index < -0.39 is 0 Å². The first-order valence-corrected chi connectivity index (χ1v) is 9.63. The van der Waals surface area contributed by atoms with E-state index in [1.165, 1.54) is 12.8 Å². The molecule has 0 saturated carbocycles. The van der Waals surface area contributed by atoms with Gasteiger partial charge in [0.1, 0.15) is 6.04 Å². The van der Waals surface area contributed by atoms with Crippen molar-refractivity contribution in [2.45, 2.75) is 32.7 Å². The molecule has 138 valence electrons. The Balaban J connectivity index is 1.75. The Morgan fingerprint density at radius 3 is 2.92 bits per heavy atom. The van der Waals surface area contributed by atoms with Crippen molar-refractivity contribution in [2.75, 3.05) is 37.6 Å². The average molecular weight is 353 g/mol. The Hall–Kier alpha value is -2.27. The minimum Gasteiger partial charge on any atom is -0.623 e. The molecule has 1 saturated heterocycles. The molecule has 5 heteroatoms. The number of piperazine rings is 1. The van der Waals surface area contributed by atoms with Crippen molar-refractivity contribution < 1.29 is 9.16 Å². The second-order valence-electron chi connectivity index (χ2n) is 7.41. The molecule has 1 aromatic heterocycles. The van der Waals surface area contributed by atoms with E-state index in [4.69, 9.17) is 4.42 Å². The molecular formula is C21H27N3O2. The lowest BCUT2D eigenvalue weighted by Gasteiger charge is -2.41. The van der Waals surface area contributed by atoms with Gasteiger partial charge in [0, 0.05) is 19.6 Å². The molecule has 0 radical (unpaired) electrons. The lowest BCUT2D eigenvalue weighted by molar-refractivity contribution is -0.459. The number of benzene rings is 1. The molecule has 2 aliphatic rings.